The molecule has 6 nitrogen and oxygen atoms in total. The lowest BCUT2D eigenvalue weighted by molar-refractivity contribution is -0.127. The van der Waals surface area contributed by atoms with Crippen LogP contribution in [0.2, 0.25) is 0 Å². The van der Waals surface area contributed by atoms with Crippen molar-refractivity contribution < 1.29 is 27.4 Å². The molecule has 166 valence electrons. The van der Waals surface area contributed by atoms with E-state index in [1.807, 2.05) is 6.92 Å². The molecule has 0 aromatic carbocycles. The van der Waals surface area contributed by atoms with E-state index >= 15 is 0 Å². The van der Waals surface area contributed by atoms with E-state index in [-0.39, 0.29) is 11.5 Å². The molecule has 3 saturated carbocycles. The van der Waals surface area contributed by atoms with Gasteiger partial charge >= 0.3 is 10.4 Å². The molecule has 4 rings (SSSR count). The number of aliphatic hydroxyl groups is 1. The first-order valence-corrected chi connectivity index (χ1v) is 12.2. The van der Waals surface area contributed by atoms with Crippen LogP contribution < -0.4 is 0 Å². The number of rotatable bonds is 1. The van der Waals surface area contributed by atoms with Crippen LogP contribution in [-0.4, -0.2) is 34.5 Å². The zero-order valence-corrected chi connectivity index (χ0v) is 18.8. The Morgan fingerprint density at radius 3 is 2.21 bits per heavy atom. The van der Waals surface area contributed by atoms with Gasteiger partial charge in [-0.05, 0) is 93.8 Å². The van der Waals surface area contributed by atoms with Crippen molar-refractivity contribution >= 4 is 16.2 Å². The molecule has 7 unspecified atom stereocenters. The fraction of sp³-hybridized carbons (Fsp3) is 0.864. The van der Waals surface area contributed by atoms with Gasteiger partial charge in [0.05, 0.1) is 6.10 Å². The van der Waals surface area contributed by atoms with Crippen LogP contribution in [0, 0.1) is 34.5 Å². The molecule has 0 bridgehead atoms. The third-order valence-corrected chi connectivity index (χ3v) is 8.93. The first kappa shape index (κ1) is 22.9. The Morgan fingerprint density at radius 1 is 1.00 bits per heavy atom. The quantitative estimate of drug-likeness (QED) is 0.425. The summed E-state index contributed by atoms with van der Waals surface area (Å²) in [6.45, 7) is 9.06. The van der Waals surface area contributed by atoms with Gasteiger partial charge in [-0.3, -0.25) is 13.9 Å². The number of aliphatic hydroxyl groups excluding tert-OH is 1. The minimum atomic E-state index is -4.67. The molecule has 0 aromatic rings. The van der Waals surface area contributed by atoms with E-state index in [9.17, 15) is 9.90 Å². The van der Waals surface area contributed by atoms with Gasteiger partial charge in [0.15, 0.2) is 0 Å². The number of allylic oxidation sites excluding steroid dienone is 1. The van der Waals surface area contributed by atoms with Crippen LogP contribution in [-0.2, 0) is 15.2 Å². The van der Waals surface area contributed by atoms with E-state index in [2.05, 4.69) is 20.8 Å². The first-order valence-electron chi connectivity index (χ1n) is 10.8. The van der Waals surface area contributed by atoms with Gasteiger partial charge in [-0.25, -0.2) is 0 Å². The fourth-order valence-electron chi connectivity index (χ4n) is 7.77. The molecule has 4 aliphatic carbocycles. The number of hydrogen-bond donors (Lipinski definition) is 3. The Morgan fingerprint density at radius 2 is 1.62 bits per heavy atom. The summed E-state index contributed by atoms with van der Waals surface area (Å²) in [5.74, 6) is 2.99. The molecule has 29 heavy (non-hydrogen) atoms. The van der Waals surface area contributed by atoms with E-state index in [0.717, 1.165) is 43.4 Å². The number of hydrogen-bond acceptors (Lipinski definition) is 4. The highest BCUT2D eigenvalue weighted by Crippen LogP contribution is 2.67. The summed E-state index contributed by atoms with van der Waals surface area (Å²) in [7, 11) is -4.67. The molecule has 0 saturated heterocycles. The van der Waals surface area contributed by atoms with E-state index in [1.165, 1.54) is 25.7 Å². The largest absolute Gasteiger partial charge is 0.394 e. The molecule has 7 heteroatoms. The molecule has 0 heterocycles. The molecular weight excluding hydrogens is 392 g/mol. The molecule has 3 fully saturated rings. The molecular formula is C22H36O6S. The van der Waals surface area contributed by atoms with Crippen molar-refractivity contribution in [2.24, 2.45) is 34.5 Å². The number of ketones is 1. The second-order valence-electron chi connectivity index (χ2n) is 10.4. The summed E-state index contributed by atoms with van der Waals surface area (Å²) >= 11 is 0. The van der Waals surface area contributed by atoms with Crippen molar-refractivity contribution in [3.05, 3.63) is 11.1 Å². The van der Waals surface area contributed by atoms with Crippen molar-refractivity contribution in [2.45, 2.75) is 85.2 Å². The smallest absolute Gasteiger partial charge is 0.393 e. The standard InChI is InChI=1S/C22H34O2.H2O4S/c1-13-11-16-18-6-5-17(14(2)23)21(18,3)10-8-19(16)22(4)9-7-15(24)12-20(13)22;1-5(2,3)4/h15-19,24H,5-12H2,1-4H3;(H2,1,2,3,4). The highest BCUT2D eigenvalue weighted by molar-refractivity contribution is 7.79. The van der Waals surface area contributed by atoms with Crippen LogP contribution >= 0.6 is 0 Å². The molecule has 0 radical (unpaired) electrons. The lowest BCUT2D eigenvalue weighted by Gasteiger charge is -2.58. The SMILES string of the molecule is CC(=O)C1CCC2C3CC(C)=C4CC(O)CCC4(C)C3CCC12C.O=S(=O)(O)O. The van der Waals surface area contributed by atoms with Crippen molar-refractivity contribution in [2.75, 3.05) is 0 Å². The number of Topliss-reactive ketones (excluding diaryl/α,β-unsaturated/α-hetero) is 1. The Labute approximate surface area is 174 Å². The lowest BCUT2D eigenvalue weighted by atomic mass is 9.46. The van der Waals surface area contributed by atoms with Crippen LogP contribution in [0.25, 0.3) is 0 Å². The molecule has 0 amide bonds. The summed E-state index contributed by atoms with van der Waals surface area (Å²) in [6.07, 6.45) is 9.00. The average molecular weight is 429 g/mol. The topological polar surface area (TPSA) is 112 Å². The summed E-state index contributed by atoms with van der Waals surface area (Å²) in [6, 6.07) is 0. The van der Waals surface area contributed by atoms with E-state index in [4.69, 9.17) is 17.5 Å². The van der Waals surface area contributed by atoms with Crippen LogP contribution in [0.15, 0.2) is 11.1 Å². The summed E-state index contributed by atoms with van der Waals surface area (Å²) < 4.78 is 31.6. The summed E-state index contributed by atoms with van der Waals surface area (Å²) in [5.41, 5.74) is 3.71. The van der Waals surface area contributed by atoms with Crippen LogP contribution in [0.5, 0.6) is 0 Å². The highest BCUT2D eigenvalue weighted by atomic mass is 32.3. The molecule has 7 atom stereocenters. The first-order chi connectivity index (χ1) is 13.3. The van der Waals surface area contributed by atoms with Gasteiger partial charge in [-0.2, -0.15) is 8.42 Å². The normalized spacial score (nSPS) is 44.2. The monoisotopic (exact) mass is 428 g/mol. The Kier molecular flexibility index (Phi) is 6.11. The van der Waals surface area contributed by atoms with Crippen molar-refractivity contribution in [3.63, 3.8) is 0 Å². The maximum atomic E-state index is 12.2. The van der Waals surface area contributed by atoms with Gasteiger partial charge in [0.2, 0.25) is 0 Å². The Bertz CT molecular complexity index is 794. The fourth-order valence-corrected chi connectivity index (χ4v) is 7.77. The maximum absolute atomic E-state index is 12.2. The van der Waals surface area contributed by atoms with Gasteiger partial charge in [0, 0.05) is 5.92 Å². The van der Waals surface area contributed by atoms with E-state index < -0.39 is 10.4 Å². The summed E-state index contributed by atoms with van der Waals surface area (Å²) in [4.78, 5) is 12.2. The number of carbonyl (C=O) groups is 1. The van der Waals surface area contributed by atoms with Gasteiger partial charge in [-0.1, -0.05) is 25.0 Å². The van der Waals surface area contributed by atoms with E-state index in [0.29, 0.717) is 17.1 Å². The number of fused-ring (bicyclic) bond motifs is 5. The second kappa shape index (κ2) is 7.74. The predicted octanol–water partition coefficient (Wildman–Crippen LogP) is 4.25. The highest BCUT2D eigenvalue weighted by Gasteiger charge is 2.59. The molecule has 0 spiro atoms. The van der Waals surface area contributed by atoms with Crippen LogP contribution in [0.1, 0.15) is 79.1 Å². The summed E-state index contributed by atoms with van der Waals surface area (Å²) in [5, 5.41) is 10.2. The average Bonchev–Trinajstić information content (AvgIpc) is 2.93. The van der Waals surface area contributed by atoms with Crippen molar-refractivity contribution in [1.82, 2.24) is 0 Å². The molecule has 4 aliphatic rings. The van der Waals surface area contributed by atoms with E-state index in [1.54, 1.807) is 11.1 Å². The lowest BCUT2D eigenvalue weighted by Crippen LogP contribution is -2.51. The second-order valence-corrected chi connectivity index (χ2v) is 11.3. The van der Waals surface area contributed by atoms with Gasteiger partial charge < -0.3 is 5.11 Å². The van der Waals surface area contributed by atoms with Crippen LogP contribution in [0.3, 0.4) is 0 Å². The molecule has 3 N–H and O–H groups in total. The predicted molar refractivity (Wildman–Crippen MR) is 111 cm³/mol. The van der Waals surface area contributed by atoms with Crippen molar-refractivity contribution in [1.29, 1.82) is 0 Å². The third kappa shape index (κ3) is 4.21. The minimum absolute atomic E-state index is 0.123. The molecule has 0 aliphatic heterocycles. The molecule has 0 aromatic heterocycles. The number of carbonyl (C=O) groups excluding carboxylic acids is 1. The van der Waals surface area contributed by atoms with Gasteiger partial charge in [-0.15, -0.1) is 0 Å². The maximum Gasteiger partial charge on any atom is 0.394 e. The Hall–Kier alpha value is -0.760. The van der Waals surface area contributed by atoms with Crippen LogP contribution in [0.4, 0.5) is 0 Å². The van der Waals surface area contributed by atoms with Crippen molar-refractivity contribution in [3.8, 4) is 0 Å². The zero-order chi connectivity index (χ0) is 21.8. The Balaban J connectivity index is 0.000000431. The van der Waals surface area contributed by atoms with Gasteiger partial charge in [0.1, 0.15) is 5.78 Å². The third-order valence-electron chi connectivity index (χ3n) is 8.93. The minimum Gasteiger partial charge on any atom is -0.393 e. The zero-order valence-electron chi connectivity index (χ0n) is 18.0. The van der Waals surface area contributed by atoms with Gasteiger partial charge in [0.25, 0.3) is 0 Å².